The molecule has 0 atom stereocenters. The van der Waals surface area contributed by atoms with Gasteiger partial charge in [-0.05, 0) is 87.5 Å². The van der Waals surface area contributed by atoms with E-state index in [0.717, 1.165) is 57.1 Å². The average molecular weight is 1120 g/mol. The van der Waals surface area contributed by atoms with Crippen molar-refractivity contribution in [2.75, 3.05) is 42.3 Å². The summed E-state index contributed by atoms with van der Waals surface area (Å²) in [7, 11) is 8.96. The van der Waals surface area contributed by atoms with Gasteiger partial charge in [-0.2, -0.15) is 26.3 Å². The lowest BCUT2D eigenvalue weighted by molar-refractivity contribution is -0.141. The zero-order chi connectivity index (χ0) is 60.6. The number of nitrogens with one attached hydrogen (secondary N) is 6. The number of hydrogen-bond donors (Lipinski definition) is 6. The number of rotatable bonds is 6. The van der Waals surface area contributed by atoms with Crippen LogP contribution in [0.3, 0.4) is 0 Å². The highest BCUT2D eigenvalue weighted by Gasteiger charge is 2.38. The molecule has 0 bridgehead atoms. The number of pyridine rings is 5. The lowest BCUT2D eigenvalue weighted by atomic mass is 10.0. The van der Waals surface area contributed by atoms with Crippen molar-refractivity contribution in [2.45, 2.75) is 47.0 Å². The molecule has 6 N–H and O–H groups in total. The van der Waals surface area contributed by atoms with Gasteiger partial charge < -0.3 is 31.9 Å². The number of amides is 6. The van der Waals surface area contributed by atoms with E-state index in [9.17, 15) is 55.1 Å². The molecule has 0 saturated heterocycles. The van der Waals surface area contributed by atoms with Crippen LogP contribution in [0.4, 0.5) is 26.3 Å². The third-order valence-electron chi connectivity index (χ3n) is 11.1. The maximum absolute atomic E-state index is 12.7. The molecule has 2 aromatic carbocycles. The average Bonchev–Trinajstić information content (AvgIpc) is 3.46. The van der Waals surface area contributed by atoms with E-state index in [2.05, 4.69) is 66.8 Å². The molecule has 0 saturated carbocycles. The highest BCUT2D eigenvalue weighted by Crippen LogP contribution is 2.33. The van der Waals surface area contributed by atoms with Crippen molar-refractivity contribution in [3.8, 4) is 0 Å². The van der Waals surface area contributed by atoms with Crippen LogP contribution in [0.5, 0.6) is 0 Å². The van der Waals surface area contributed by atoms with Gasteiger partial charge in [0.15, 0.2) is 5.69 Å². The molecule has 6 amide bonds. The lowest BCUT2D eigenvalue weighted by Gasteiger charge is -2.14. The third-order valence-corrected chi connectivity index (χ3v) is 11.1. The number of aromatic nitrogens is 7. The number of nitrogens with zero attached hydrogens (tertiary/aromatic N) is 7. The summed E-state index contributed by atoms with van der Waals surface area (Å²) < 4.78 is 74.9. The number of hydrogen-bond acceptors (Lipinski definition) is 13. The first-order valence-electron chi connectivity index (χ1n) is 24.1. The van der Waals surface area contributed by atoms with Crippen LogP contribution in [0.1, 0.15) is 102 Å². The highest BCUT2D eigenvalue weighted by atomic mass is 19.4. The molecule has 426 valence electrons. The Morgan fingerprint density at radius 3 is 1.54 bits per heavy atom. The number of para-hydroxylation sites is 1. The molecule has 0 spiro atoms. The second-order valence-corrected chi connectivity index (χ2v) is 16.6. The molecule has 25 heteroatoms. The zero-order valence-corrected chi connectivity index (χ0v) is 45.9. The summed E-state index contributed by atoms with van der Waals surface area (Å²) in [6.07, 6.45) is 0.599. The minimum absolute atomic E-state index is 0.0712. The van der Waals surface area contributed by atoms with Gasteiger partial charge in [-0.1, -0.05) is 42.5 Å². The minimum atomic E-state index is -4.65. The van der Waals surface area contributed by atoms with Crippen LogP contribution in [0, 0.1) is 34.6 Å². The smallest absolute Gasteiger partial charge is 0.355 e. The van der Waals surface area contributed by atoms with Gasteiger partial charge in [0, 0.05) is 95.9 Å². The van der Waals surface area contributed by atoms with Crippen LogP contribution in [0.2, 0.25) is 0 Å². The van der Waals surface area contributed by atoms with Crippen molar-refractivity contribution in [3.05, 3.63) is 195 Å². The summed E-state index contributed by atoms with van der Waals surface area (Å²) in [6.45, 7) is 8.45. The maximum Gasteiger partial charge on any atom is 0.434 e. The first-order chi connectivity index (χ1) is 38.3. The van der Waals surface area contributed by atoms with Gasteiger partial charge in [0.25, 0.3) is 35.4 Å². The second kappa shape index (κ2) is 31.0. The van der Waals surface area contributed by atoms with E-state index in [0.29, 0.717) is 22.4 Å². The Kier molecular flexibility index (Phi) is 25.0. The molecule has 0 aliphatic carbocycles. The van der Waals surface area contributed by atoms with Crippen LogP contribution < -0.4 is 31.9 Å². The van der Waals surface area contributed by atoms with Gasteiger partial charge in [0.05, 0.1) is 50.3 Å². The quantitative estimate of drug-likeness (QED) is 0.0865. The summed E-state index contributed by atoms with van der Waals surface area (Å²) >= 11 is 0. The zero-order valence-electron chi connectivity index (χ0n) is 45.9. The standard InChI is InChI=1S/2C11H10N2O.C10H11F3N2O.C9H12N2O.C8H10N2O.C7H6F3N3O/c1-12-11(14)9-6-7-13-10-5-3-2-4-8(9)10;1-12-11(14)10-9-5-3-2-4-8(9)6-7-13-10;1-5-4-7(10(11,12)13)8(6(2)15-5)9(16)14-3;1-6-4-5-11-7(2)8(6)9(12)10-3;1-6-3-4-10-5-7(6)8(11)9-2;1-11-6(14)4-2-12-3-13-5(4)7(8,9)10/h2*2-7H,1H3,(H,12,14);4H,1-3H3,(H,14,16);4-5H,1-3H3,(H,10,12);3-5H,1-2H3,(H,9,11);2-3H,1H3,(H,11,14). The second-order valence-electron chi connectivity index (χ2n) is 16.6. The number of benzene rings is 2. The number of alkyl halides is 6. The largest absolute Gasteiger partial charge is 0.434 e. The molecule has 0 aliphatic heterocycles. The molecule has 0 radical (unpaired) electrons. The fourth-order valence-electron chi connectivity index (χ4n) is 7.17. The van der Waals surface area contributed by atoms with Gasteiger partial charge in [0.2, 0.25) is 0 Å². The summed E-state index contributed by atoms with van der Waals surface area (Å²) in [5, 5.41) is 17.4. The van der Waals surface area contributed by atoms with Crippen LogP contribution in [0.25, 0.3) is 21.7 Å². The number of carbonyl (C=O) groups is 6. The predicted molar refractivity (Wildman–Crippen MR) is 292 cm³/mol. The van der Waals surface area contributed by atoms with Gasteiger partial charge in [-0.25, -0.2) is 9.97 Å². The fourth-order valence-corrected chi connectivity index (χ4v) is 7.17. The first-order valence-corrected chi connectivity index (χ1v) is 24.1. The Morgan fingerprint density at radius 1 is 0.444 bits per heavy atom. The van der Waals surface area contributed by atoms with Gasteiger partial charge >= 0.3 is 12.4 Å². The third kappa shape index (κ3) is 18.7. The SMILES string of the molecule is CNC(=O)c1c(C(F)(F)F)cc(C)nc1C.CNC(=O)c1c(C)ccnc1C.CNC(=O)c1ccnc2ccccc12.CNC(=O)c1cnccc1C.CNC(=O)c1cncnc1C(F)(F)F.CNC(=O)c1nccc2ccccc12. The monoisotopic (exact) mass is 1120 g/mol. The van der Waals surface area contributed by atoms with Gasteiger partial charge in [-0.15, -0.1) is 0 Å². The molecule has 81 heavy (non-hydrogen) atoms. The van der Waals surface area contributed by atoms with Crippen molar-refractivity contribution in [2.24, 2.45) is 0 Å². The molecule has 0 fully saturated rings. The minimum Gasteiger partial charge on any atom is -0.355 e. The molecule has 8 rings (SSSR count). The lowest BCUT2D eigenvalue weighted by Crippen LogP contribution is -2.24. The molecule has 6 aromatic heterocycles. The van der Waals surface area contributed by atoms with E-state index in [-0.39, 0.29) is 35.0 Å². The van der Waals surface area contributed by atoms with E-state index in [1.807, 2.05) is 87.5 Å². The van der Waals surface area contributed by atoms with Crippen molar-refractivity contribution >= 4 is 57.1 Å². The van der Waals surface area contributed by atoms with Gasteiger partial charge in [0.1, 0.15) is 12.0 Å². The fraction of sp³-hybridized carbons (Fsp3) is 0.232. The molecule has 0 aliphatic rings. The normalized spacial score (nSPS) is 10.3. The van der Waals surface area contributed by atoms with E-state index in [1.165, 1.54) is 27.9 Å². The number of aryl methyl sites for hydroxylation is 5. The Morgan fingerprint density at radius 2 is 0.963 bits per heavy atom. The molecular weight excluding hydrogens is 1060 g/mol. The summed E-state index contributed by atoms with van der Waals surface area (Å²) in [4.78, 5) is 94.1. The summed E-state index contributed by atoms with van der Waals surface area (Å²) in [6, 6.07) is 23.4. The first kappa shape index (κ1) is 65.5. The Balaban J connectivity index is 0.000000256. The maximum atomic E-state index is 12.7. The molecule has 8 aromatic rings. The van der Waals surface area contributed by atoms with E-state index < -0.39 is 46.6 Å². The highest BCUT2D eigenvalue weighted by molar-refractivity contribution is 6.06. The molecular formula is C56H59F6N13O6. The van der Waals surface area contributed by atoms with Crippen molar-refractivity contribution in [1.29, 1.82) is 0 Å². The molecule has 19 nitrogen and oxygen atoms in total. The van der Waals surface area contributed by atoms with Gasteiger partial charge in [-0.3, -0.25) is 53.7 Å². The van der Waals surface area contributed by atoms with Crippen LogP contribution in [-0.2, 0) is 12.4 Å². The summed E-state index contributed by atoms with van der Waals surface area (Å²) in [5.74, 6) is -2.03. The van der Waals surface area contributed by atoms with Crippen molar-refractivity contribution in [3.63, 3.8) is 0 Å². The number of carbonyl (C=O) groups excluding carboxylic acids is 6. The van der Waals surface area contributed by atoms with Crippen molar-refractivity contribution in [1.82, 2.24) is 66.8 Å². The van der Waals surface area contributed by atoms with Crippen LogP contribution in [0.15, 0.2) is 122 Å². The Labute approximate surface area is 462 Å². The number of halogens is 6. The van der Waals surface area contributed by atoms with Crippen LogP contribution >= 0.6 is 0 Å². The summed E-state index contributed by atoms with van der Waals surface area (Å²) in [5.41, 5.74) is 3.11. The van der Waals surface area contributed by atoms with E-state index >= 15 is 0 Å². The Hall–Kier alpha value is -9.81. The number of fused-ring (bicyclic) bond motifs is 2. The predicted octanol–water partition coefficient (Wildman–Crippen LogP) is 7.93. The van der Waals surface area contributed by atoms with E-state index in [1.54, 1.807) is 65.2 Å². The van der Waals surface area contributed by atoms with E-state index in [4.69, 9.17) is 0 Å². The van der Waals surface area contributed by atoms with Crippen LogP contribution in [-0.4, -0.2) is 113 Å². The molecule has 6 heterocycles. The van der Waals surface area contributed by atoms with Crippen molar-refractivity contribution < 1.29 is 55.1 Å². The topological polar surface area (TPSA) is 265 Å². The Bertz CT molecular complexity index is 3370. The molecule has 0 unspecified atom stereocenters.